The number of rotatable bonds is 7. The van der Waals surface area contributed by atoms with E-state index >= 15 is 0 Å². The van der Waals surface area contributed by atoms with Gasteiger partial charge in [-0.25, -0.2) is 0 Å². The Labute approximate surface area is 392 Å². The highest BCUT2D eigenvalue weighted by Gasteiger charge is 2.21. The number of aromatic nitrogens is 2. The number of nitrogens with zero attached hydrogens (tertiary/aromatic N) is 3. The Kier molecular flexibility index (Phi) is 8.55. The van der Waals surface area contributed by atoms with Gasteiger partial charge in [0.1, 0.15) is 11.2 Å². The Hall–Kier alpha value is -9.12. The predicted octanol–water partition coefficient (Wildman–Crippen LogP) is 17.7. The van der Waals surface area contributed by atoms with Gasteiger partial charge in [0.15, 0.2) is 0 Å². The Balaban J connectivity index is 0.928. The molecule has 0 radical (unpaired) electrons. The molecule has 0 spiro atoms. The third-order valence-corrected chi connectivity index (χ3v) is 13.9. The molecule has 14 rings (SSSR count). The van der Waals surface area contributed by atoms with E-state index in [4.69, 9.17) is 4.42 Å². The Morgan fingerprint density at radius 1 is 0.294 bits per heavy atom. The summed E-state index contributed by atoms with van der Waals surface area (Å²) in [4.78, 5) is 2.41. The summed E-state index contributed by atoms with van der Waals surface area (Å²) in [5.74, 6) is 0. The summed E-state index contributed by atoms with van der Waals surface area (Å²) in [5, 5.41) is 9.58. The molecule has 0 bridgehead atoms. The summed E-state index contributed by atoms with van der Waals surface area (Å²) in [6.45, 7) is 0. The van der Waals surface area contributed by atoms with Crippen LogP contribution in [0.5, 0.6) is 0 Å². The third kappa shape index (κ3) is 6.01. The van der Waals surface area contributed by atoms with Crippen LogP contribution in [0.3, 0.4) is 0 Å². The van der Waals surface area contributed by atoms with Crippen LogP contribution in [0, 0.1) is 0 Å². The van der Waals surface area contributed by atoms with Gasteiger partial charge >= 0.3 is 0 Å². The van der Waals surface area contributed by atoms with Crippen molar-refractivity contribution >= 4 is 93.4 Å². The molecule has 0 saturated heterocycles. The highest BCUT2D eigenvalue weighted by atomic mass is 16.3. The lowest BCUT2D eigenvalue weighted by Gasteiger charge is -2.28. The van der Waals surface area contributed by atoms with Crippen molar-refractivity contribution in [2.75, 3.05) is 4.90 Å². The standard InChI is InChI=1S/C64H41N3O/c1-2-16-45-40-64-57(38-44(45)15-1)56-39-46(33-36-63(56)68-64)51-21-3-8-26-58(51)65(49-19-14-20-50(41-49)67-61-29-11-6-24-54(61)55-25-7-12-30-62(55)67)47-34-31-42(32-35-47)43-17-13-18-48(37-43)66-59-27-9-4-22-52(59)53-23-5-10-28-60(53)66/h1-41H. The van der Waals surface area contributed by atoms with Gasteiger partial charge in [-0.2, -0.15) is 0 Å². The molecule has 3 heterocycles. The van der Waals surface area contributed by atoms with Crippen molar-refractivity contribution in [2.45, 2.75) is 0 Å². The quantitative estimate of drug-likeness (QED) is 0.160. The Morgan fingerprint density at radius 3 is 1.46 bits per heavy atom. The number of furan rings is 1. The SMILES string of the molecule is c1cc(-c2ccc(N(c3cccc(-n4c5ccccc5c5ccccc54)c3)c3ccccc3-c3ccc4oc5cc6ccccc6cc5c4c3)cc2)cc(-n2c3ccccc3c3ccccc32)c1. The average molecular weight is 868 g/mol. The van der Waals surface area contributed by atoms with Crippen molar-refractivity contribution < 1.29 is 4.42 Å². The smallest absolute Gasteiger partial charge is 0.136 e. The zero-order valence-corrected chi connectivity index (χ0v) is 36.9. The van der Waals surface area contributed by atoms with E-state index < -0.39 is 0 Å². The van der Waals surface area contributed by atoms with E-state index in [0.717, 1.165) is 72.6 Å². The van der Waals surface area contributed by atoms with Gasteiger partial charge in [-0.1, -0.05) is 152 Å². The normalized spacial score (nSPS) is 11.8. The summed E-state index contributed by atoms with van der Waals surface area (Å²) in [7, 11) is 0. The monoisotopic (exact) mass is 867 g/mol. The number of fused-ring (bicyclic) bond motifs is 10. The van der Waals surface area contributed by atoms with Crippen LogP contribution in [0.15, 0.2) is 253 Å². The minimum atomic E-state index is 0.880. The van der Waals surface area contributed by atoms with Gasteiger partial charge in [0.2, 0.25) is 0 Å². The maximum Gasteiger partial charge on any atom is 0.136 e. The van der Waals surface area contributed by atoms with Gasteiger partial charge in [-0.15, -0.1) is 0 Å². The first-order chi connectivity index (χ1) is 33.7. The zero-order valence-electron chi connectivity index (χ0n) is 36.9. The molecule has 0 aliphatic carbocycles. The molecule has 4 heteroatoms. The van der Waals surface area contributed by atoms with E-state index in [-0.39, 0.29) is 0 Å². The fourth-order valence-corrected chi connectivity index (χ4v) is 10.8. The maximum absolute atomic E-state index is 6.48. The molecule has 4 nitrogen and oxygen atoms in total. The first-order valence-corrected chi connectivity index (χ1v) is 23.2. The molecular formula is C64H41N3O. The van der Waals surface area contributed by atoms with Crippen LogP contribution in [-0.4, -0.2) is 9.13 Å². The summed E-state index contributed by atoms with van der Waals surface area (Å²) in [5.41, 5.74) is 16.5. The number of anilines is 3. The molecule has 11 aromatic carbocycles. The molecule has 68 heavy (non-hydrogen) atoms. The summed E-state index contributed by atoms with van der Waals surface area (Å²) in [6, 6.07) is 90.1. The second-order valence-electron chi connectivity index (χ2n) is 17.7. The van der Waals surface area contributed by atoms with Gasteiger partial charge in [0, 0.05) is 60.6 Å². The second-order valence-corrected chi connectivity index (χ2v) is 17.7. The first kappa shape index (κ1) is 38.2. The van der Waals surface area contributed by atoms with Crippen LogP contribution in [0.25, 0.3) is 110 Å². The van der Waals surface area contributed by atoms with E-state index in [1.165, 1.54) is 54.4 Å². The Morgan fingerprint density at radius 2 is 0.809 bits per heavy atom. The lowest BCUT2D eigenvalue weighted by Crippen LogP contribution is -2.11. The Bertz CT molecular complexity index is 4180. The minimum absolute atomic E-state index is 0.880. The fraction of sp³-hybridized carbons (Fsp3) is 0. The zero-order chi connectivity index (χ0) is 44.7. The third-order valence-electron chi connectivity index (χ3n) is 13.9. The van der Waals surface area contributed by atoms with Gasteiger partial charge in [0.05, 0.1) is 27.8 Å². The van der Waals surface area contributed by atoms with Crippen LogP contribution < -0.4 is 4.90 Å². The van der Waals surface area contributed by atoms with Gasteiger partial charge in [0.25, 0.3) is 0 Å². The molecule has 0 aliphatic heterocycles. The second kappa shape index (κ2) is 15.2. The summed E-state index contributed by atoms with van der Waals surface area (Å²) >= 11 is 0. The molecule has 318 valence electrons. The molecule has 0 atom stereocenters. The summed E-state index contributed by atoms with van der Waals surface area (Å²) < 4.78 is 11.3. The predicted molar refractivity (Wildman–Crippen MR) is 285 cm³/mol. The van der Waals surface area contributed by atoms with Crippen molar-refractivity contribution in [3.8, 4) is 33.6 Å². The fourth-order valence-electron chi connectivity index (χ4n) is 10.8. The number of para-hydroxylation sites is 5. The molecule has 0 unspecified atom stereocenters. The minimum Gasteiger partial charge on any atom is -0.456 e. The van der Waals surface area contributed by atoms with Crippen LogP contribution in [-0.2, 0) is 0 Å². The van der Waals surface area contributed by atoms with Crippen molar-refractivity contribution in [3.05, 3.63) is 249 Å². The van der Waals surface area contributed by atoms with E-state index in [2.05, 4.69) is 263 Å². The number of benzene rings is 11. The van der Waals surface area contributed by atoms with Gasteiger partial charge in [-0.05, 0) is 125 Å². The van der Waals surface area contributed by atoms with E-state index in [1.54, 1.807) is 0 Å². The molecule has 14 aromatic rings. The van der Waals surface area contributed by atoms with Crippen molar-refractivity contribution in [1.29, 1.82) is 0 Å². The summed E-state index contributed by atoms with van der Waals surface area (Å²) in [6.07, 6.45) is 0. The molecule has 3 aromatic heterocycles. The van der Waals surface area contributed by atoms with Crippen LogP contribution in [0.2, 0.25) is 0 Å². The van der Waals surface area contributed by atoms with E-state index in [1.807, 2.05) is 0 Å². The molecule has 0 saturated carbocycles. The maximum atomic E-state index is 6.48. The van der Waals surface area contributed by atoms with Crippen LogP contribution >= 0.6 is 0 Å². The topological polar surface area (TPSA) is 26.2 Å². The lowest BCUT2D eigenvalue weighted by molar-refractivity contribution is 0.669. The molecule has 0 N–H and O–H groups in total. The number of hydrogen-bond donors (Lipinski definition) is 0. The van der Waals surface area contributed by atoms with Crippen LogP contribution in [0.1, 0.15) is 0 Å². The average Bonchev–Trinajstić information content (AvgIpc) is 4.06. The van der Waals surface area contributed by atoms with Gasteiger partial charge < -0.3 is 18.5 Å². The number of hydrogen-bond acceptors (Lipinski definition) is 2. The molecule has 0 aliphatic rings. The molecule has 0 amide bonds. The van der Waals surface area contributed by atoms with E-state index in [0.29, 0.717) is 0 Å². The highest BCUT2D eigenvalue weighted by Crippen LogP contribution is 2.44. The van der Waals surface area contributed by atoms with Crippen LogP contribution in [0.4, 0.5) is 17.1 Å². The van der Waals surface area contributed by atoms with Crippen molar-refractivity contribution in [1.82, 2.24) is 9.13 Å². The lowest BCUT2D eigenvalue weighted by atomic mass is 9.98. The molecule has 0 fully saturated rings. The largest absolute Gasteiger partial charge is 0.456 e. The van der Waals surface area contributed by atoms with E-state index in [9.17, 15) is 0 Å². The highest BCUT2D eigenvalue weighted by molar-refractivity contribution is 6.12. The molecular weight excluding hydrogens is 827 g/mol. The van der Waals surface area contributed by atoms with Gasteiger partial charge in [-0.3, -0.25) is 0 Å². The van der Waals surface area contributed by atoms with Crippen molar-refractivity contribution in [3.63, 3.8) is 0 Å². The van der Waals surface area contributed by atoms with Crippen molar-refractivity contribution in [2.24, 2.45) is 0 Å². The first-order valence-electron chi connectivity index (χ1n) is 23.2.